The molecule has 3 amide bonds. The van der Waals surface area contributed by atoms with Crippen LogP contribution in [0.25, 0.3) is 0 Å². The first-order valence-electron chi connectivity index (χ1n) is 10.3. The first kappa shape index (κ1) is 24.2. The molecule has 9 nitrogen and oxygen atoms in total. The average molecular weight is 478 g/mol. The van der Waals surface area contributed by atoms with Crippen molar-refractivity contribution in [3.05, 3.63) is 35.3 Å². The van der Waals surface area contributed by atoms with E-state index in [0.29, 0.717) is 23.6 Å². The third kappa shape index (κ3) is 8.58. The highest BCUT2D eigenvalue weighted by molar-refractivity contribution is 8.01. The fourth-order valence-corrected chi connectivity index (χ4v) is 4.65. The molecule has 0 unspecified atom stereocenters. The second kappa shape index (κ2) is 12.5. The van der Waals surface area contributed by atoms with Crippen molar-refractivity contribution in [2.45, 2.75) is 17.7 Å². The van der Waals surface area contributed by atoms with E-state index in [-0.39, 0.29) is 29.9 Å². The molecule has 2 aromatic rings. The van der Waals surface area contributed by atoms with Crippen LogP contribution in [0.15, 0.2) is 34.0 Å². The van der Waals surface area contributed by atoms with Crippen molar-refractivity contribution in [2.75, 3.05) is 55.8 Å². The van der Waals surface area contributed by atoms with Crippen LogP contribution in [0.1, 0.15) is 12.6 Å². The number of hydrogen-bond acceptors (Lipinski definition) is 8. The number of nitrogens with zero attached hydrogens (tertiary/aromatic N) is 2. The minimum absolute atomic E-state index is 0.0550. The lowest BCUT2D eigenvalue weighted by molar-refractivity contribution is -0.120. The molecular formula is C21H27N5O4S2. The summed E-state index contributed by atoms with van der Waals surface area (Å²) >= 11 is 2.76. The number of thioether (sulfide) groups is 1. The number of aromatic nitrogens is 1. The normalized spacial score (nSPS) is 14.0. The monoisotopic (exact) mass is 477 g/mol. The maximum atomic E-state index is 12.2. The van der Waals surface area contributed by atoms with E-state index >= 15 is 0 Å². The lowest BCUT2D eigenvalue weighted by atomic mass is 10.3. The second-order valence-corrected chi connectivity index (χ2v) is 9.26. The smallest absolute Gasteiger partial charge is 0.234 e. The van der Waals surface area contributed by atoms with Gasteiger partial charge in [-0.25, -0.2) is 4.98 Å². The van der Waals surface area contributed by atoms with Crippen LogP contribution in [0.3, 0.4) is 0 Å². The molecule has 1 aromatic heterocycles. The molecule has 0 radical (unpaired) electrons. The van der Waals surface area contributed by atoms with Crippen molar-refractivity contribution < 1.29 is 19.1 Å². The standard InChI is InChI=1S/C21H27N5O4S2/c1-15(27)23-16-2-4-17(5-3-16)24-20(29)14-32-21-25-18(13-31-21)12-19(28)22-6-7-26-8-10-30-11-9-26/h2-5,13H,6-12,14H2,1H3,(H,22,28)(H,23,27)(H,24,29). The molecule has 3 N–H and O–H groups in total. The number of carbonyl (C=O) groups excluding carboxylic acids is 3. The van der Waals surface area contributed by atoms with Crippen LogP contribution in [-0.4, -0.2) is 72.8 Å². The average Bonchev–Trinajstić information content (AvgIpc) is 3.21. The summed E-state index contributed by atoms with van der Waals surface area (Å²) in [6, 6.07) is 6.91. The number of thiazole rings is 1. The molecule has 1 fully saturated rings. The van der Waals surface area contributed by atoms with Gasteiger partial charge in [0.25, 0.3) is 0 Å². The fourth-order valence-electron chi connectivity index (χ4n) is 3.01. The van der Waals surface area contributed by atoms with Crippen molar-refractivity contribution in [3.63, 3.8) is 0 Å². The van der Waals surface area contributed by atoms with Gasteiger partial charge < -0.3 is 20.7 Å². The molecule has 0 aliphatic carbocycles. The lowest BCUT2D eigenvalue weighted by Gasteiger charge is -2.26. The molecule has 3 rings (SSSR count). The minimum atomic E-state index is -0.153. The molecule has 1 aromatic carbocycles. The van der Waals surface area contributed by atoms with Crippen LogP contribution in [0, 0.1) is 0 Å². The van der Waals surface area contributed by atoms with Crippen LogP contribution in [-0.2, 0) is 25.5 Å². The number of rotatable bonds is 10. The van der Waals surface area contributed by atoms with Gasteiger partial charge in [-0.3, -0.25) is 19.3 Å². The van der Waals surface area contributed by atoms with E-state index in [1.807, 2.05) is 5.38 Å². The van der Waals surface area contributed by atoms with Gasteiger partial charge in [0.05, 0.1) is 31.1 Å². The van der Waals surface area contributed by atoms with Gasteiger partial charge in [-0.1, -0.05) is 11.8 Å². The Morgan fingerprint density at radius 3 is 2.47 bits per heavy atom. The van der Waals surface area contributed by atoms with E-state index in [9.17, 15) is 14.4 Å². The number of ether oxygens (including phenoxy) is 1. The fraction of sp³-hybridized carbons (Fsp3) is 0.429. The highest BCUT2D eigenvalue weighted by Gasteiger charge is 2.12. The highest BCUT2D eigenvalue weighted by Crippen LogP contribution is 2.23. The summed E-state index contributed by atoms with van der Waals surface area (Å²) in [5.41, 5.74) is 2.03. The third-order valence-corrected chi connectivity index (χ3v) is 6.61. The molecule has 1 saturated heterocycles. The quantitative estimate of drug-likeness (QED) is 0.448. The summed E-state index contributed by atoms with van der Waals surface area (Å²) in [5.74, 6) is -0.140. The number of amides is 3. The Morgan fingerprint density at radius 2 is 1.78 bits per heavy atom. The van der Waals surface area contributed by atoms with E-state index in [1.165, 1.54) is 30.0 Å². The van der Waals surface area contributed by atoms with Gasteiger partial charge in [0.15, 0.2) is 4.34 Å². The van der Waals surface area contributed by atoms with Crippen molar-refractivity contribution in [3.8, 4) is 0 Å². The molecule has 1 aliphatic rings. The Morgan fingerprint density at radius 1 is 1.09 bits per heavy atom. The van der Waals surface area contributed by atoms with Gasteiger partial charge in [-0.05, 0) is 24.3 Å². The molecule has 2 heterocycles. The summed E-state index contributed by atoms with van der Waals surface area (Å²) in [4.78, 5) is 42.1. The molecule has 11 heteroatoms. The van der Waals surface area contributed by atoms with Gasteiger partial charge >= 0.3 is 0 Å². The third-order valence-electron chi connectivity index (χ3n) is 4.54. The maximum absolute atomic E-state index is 12.2. The first-order valence-corrected chi connectivity index (χ1v) is 12.2. The van der Waals surface area contributed by atoms with Crippen molar-refractivity contribution >= 4 is 52.2 Å². The predicted octanol–water partition coefficient (Wildman–Crippen LogP) is 1.82. The van der Waals surface area contributed by atoms with Crippen LogP contribution in [0.2, 0.25) is 0 Å². The molecule has 0 saturated carbocycles. The molecule has 0 atom stereocenters. The Hall–Kier alpha value is -2.47. The van der Waals surface area contributed by atoms with E-state index in [2.05, 4.69) is 25.8 Å². The summed E-state index contributed by atoms with van der Waals surface area (Å²) in [6.45, 7) is 6.16. The van der Waals surface area contributed by atoms with Gasteiger partial charge in [-0.2, -0.15) is 0 Å². The molecule has 0 bridgehead atoms. The summed E-state index contributed by atoms with van der Waals surface area (Å²) in [7, 11) is 0. The molecular weight excluding hydrogens is 450 g/mol. The van der Waals surface area contributed by atoms with E-state index < -0.39 is 0 Å². The minimum Gasteiger partial charge on any atom is -0.379 e. The predicted molar refractivity (Wildman–Crippen MR) is 126 cm³/mol. The maximum Gasteiger partial charge on any atom is 0.234 e. The summed E-state index contributed by atoms with van der Waals surface area (Å²) in [5, 5.41) is 10.3. The number of hydrogen-bond donors (Lipinski definition) is 3. The molecule has 0 spiro atoms. The summed E-state index contributed by atoms with van der Waals surface area (Å²) < 4.78 is 6.06. The van der Waals surface area contributed by atoms with Crippen LogP contribution in [0.4, 0.5) is 11.4 Å². The van der Waals surface area contributed by atoms with Gasteiger partial charge in [0.1, 0.15) is 0 Å². The van der Waals surface area contributed by atoms with Crippen molar-refractivity contribution in [2.24, 2.45) is 0 Å². The SMILES string of the molecule is CC(=O)Nc1ccc(NC(=O)CSc2nc(CC(=O)NCCN3CCOCC3)cs2)cc1. The van der Waals surface area contributed by atoms with E-state index in [0.717, 1.165) is 37.2 Å². The Labute approximate surface area is 195 Å². The molecule has 172 valence electrons. The zero-order valence-corrected chi connectivity index (χ0v) is 19.5. The molecule has 1 aliphatic heterocycles. The summed E-state index contributed by atoms with van der Waals surface area (Å²) in [6.07, 6.45) is 0.229. The zero-order valence-electron chi connectivity index (χ0n) is 17.9. The lowest BCUT2D eigenvalue weighted by Crippen LogP contribution is -2.41. The number of morpholine rings is 1. The highest BCUT2D eigenvalue weighted by atomic mass is 32.2. The van der Waals surface area contributed by atoms with E-state index in [1.54, 1.807) is 24.3 Å². The van der Waals surface area contributed by atoms with Gasteiger partial charge in [-0.15, -0.1) is 11.3 Å². The van der Waals surface area contributed by atoms with E-state index in [4.69, 9.17) is 4.74 Å². The van der Waals surface area contributed by atoms with Crippen LogP contribution >= 0.6 is 23.1 Å². The topological polar surface area (TPSA) is 113 Å². The van der Waals surface area contributed by atoms with Gasteiger partial charge in [0, 0.05) is 49.9 Å². The largest absolute Gasteiger partial charge is 0.379 e. The zero-order chi connectivity index (χ0) is 22.8. The van der Waals surface area contributed by atoms with Crippen LogP contribution in [0.5, 0.6) is 0 Å². The Balaban J connectivity index is 1.34. The first-order chi connectivity index (χ1) is 15.5. The molecule has 32 heavy (non-hydrogen) atoms. The van der Waals surface area contributed by atoms with Crippen molar-refractivity contribution in [1.29, 1.82) is 0 Å². The second-order valence-electron chi connectivity index (χ2n) is 7.18. The Kier molecular flexibility index (Phi) is 9.47. The number of benzene rings is 1. The number of nitrogens with one attached hydrogen (secondary N) is 3. The van der Waals surface area contributed by atoms with Gasteiger partial charge in [0.2, 0.25) is 17.7 Å². The number of anilines is 2. The van der Waals surface area contributed by atoms with Crippen molar-refractivity contribution in [1.82, 2.24) is 15.2 Å². The number of carbonyl (C=O) groups is 3. The Bertz CT molecular complexity index is 913. The van der Waals surface area contributed by atoms with Crippen LogP contribution < -0.4 is 16.0 Å².